The molecule has 0 radical (unpaired) electrons. The highest BCUT2D eigenvalue weighted by Crippen LogP contribution is 2.28. The van der Waals surface area contributed by atoms with E-state index >= 15 is 0 Å². The van der Waals surface area contributed by atoms with Crippen molar-refractivity contribution in [1.82, 2.24) is 24.7 Å². The van der Waals surface area contributed by atoms with Gasteiger partial charge in [0.15, 0.2) is 0 Å². The average Bonchev–Trinajstić information content (AvgIpc) is 3.46. The van der Waals surface area contributed by atoms with Crippen molar-refractivity contribution in [1.29, 1.82) is 0 Å². The lowest BCUT2D eigenvalue weighted by Crippen LogP contribution is -2.06. The van der Waals surface area contributed by atoms with Crippen LogP contribution in [0.3, 0.4) is 0 Å². The molecule has 0 amide bonds. The zero-order valence-electron chi connectivity index (χ0n) is 16.1. The summed E-state index contributed by atoms with van der Waals surface area (Å²) in [6, 6.07) is 32.2. The molecule has 5 rings (SSSR count). The van der Waals surface area contributed by atoms with Crippen LogP contribution in [0.25, 0.3) is 28.5 Å². The normalized spacial score (nSPS) is 11.2. The van der Waals surface area contributed by atoms with Crippen LogP contribution in [-0.4, -0.2) is 30.9 Å². The summed E-state index contributed by atoms with van der Waals surface area (Å²) in [7, 11) is 0. The van der Waals surface area contributed by atoms with Crippen LogP contribution in [0.15, 0.2) is 108 Å². The molecule has 3 aromatic carbocycles. The summed E-state index contributed by atoms with van der Waals surface area (Å²) in [6.45, 7) is 0. The molecule has 0 N–H and O–H groups in total. The highest BCUT2D eigenvalue weighted by molar-refractivity contribution is 5.79. The molecule has 2 heterocycles. The van der Waals surface area contributed by atoms with Crippen molar-refractivity contribution in [3.05, 3.63) is 109 Å². The maximum atomic E-state index is 4.83. The monoisotopic (exact) mass is 390 g/mol. The van der Waals surface area contributed by atoms with Gasteiger partial charge in [-0.15, -0.1) is 10.2 Å². The van der Waals surface area contributed by atoms with E-state index in [-0.39, 0.29) is 0 Å². The summed E-state index contributed by atoms with van der Waals surface area (Å²) < 4.78 is 3.41. The van der Waals surface area contributed by atoms with Crippen molar-refractivity contribution in [2.75, 3.05) is 0 Å². The average molecular weight is 390 g/mol. The van der Waals surface area contributed by atoms with E-state index in [1.807, 2.05) is 78.9 Å². The molecule has 144 valence electrons. The molecule has 30 heavy (non-hydrogen) atoms. The van der Waals surface area contributed by atoms with Crippen molar-refractivity contribution in [3.8, 4) is 28.5 Å². The molecule has 0 spiro atoms. The van der Waals surface area contributed by atoms with E-state index in [0.717, 1.165) is 28.1 Å². The van der Waals surface area contributed by atoms with Gasteiger partial charge in [0.1, 0.15) is 6.33 Å². The molecular formula is C24H18N6. The van der Waals surface area contributed by atoms with E-state index in [1.54, 1.807) is 21.9 Å². The van der Waals surface area contributed by atoms with Gasteiger partial charge in [-0.1, -0.05) is 91.0 Å². The SMILES string of the molecule is C(=N/n1cnnc1-n1nc(-c2ccccc2)cc1-c1ccccc1)/c1ccccc1. The van der Waals surface area contributed by atoms with Crippen LogP contribution in [-0.2, 0) is 0 Å². The fourth-order valence-corrected chi connectivity index (χ4v) is 3.21. The maximum absolute atomic E-state index is 4.83. The summed E-state index contributed by atoms with van der Waals surface area (Å²) in [5, 5.41) is 17.7. The second-order valence-electron chi connectivity index (χ2n) is 6.69. The van der Waals surface area contributed by atoms with Gasteiger partial charge in [0, 0.05) is 11.1 Å². The number of benzene rings is 3. The molecule has 0 bridgehead atoms. The van der Waals surface area contributed by atoms with Crippen LogP contribution in [0, 0.1) is 0 Å². The lowest BCUT2D eigenvalue weighted by Gasteiger charge is -2.06. The van der Waals surface area contributed by atoms with E-state index in [4.69, 9.17) is 5.10 Å². The Morgan fingerprint density at radius 3 is 2.07 bits per heavy atom. The number of hydrogen-bond acceptors (Lipinski definition) is 4. The van der Waals surface area contributed by atoms with Gasteiger partial charge in [-0.3, -0.25) is 0 Å². The Bertz CT molecular complexity index is 1270. The Kier molecular flexibility index (Phi) is 4.72. The van der Waals surface area contributed by atoms with Gasteiger partial charge in [-0.05, 0) is 11.6 Å². The Balaban J connectivity index is 1.62. The standard InChI is InChI=1S/C24H18N6/c1-4-10-19(11-5-1)17-26-29-18-25-27-24(29)30-23(21-14-8-3-9-15-21)16-22(28-30)20-12-6-2-7-13-20/h1-18H/b26-17-. The lowest BCUT2D eigenvalue weighted by molar-refractivity contribution is 0.745. The highest BCUT2D eigenvalue weighted by atomic mass is 15.5. The Hall–Kier alpha value is -4.32. The molecule has 0 aliphatic carbocycles. The number of rotatable bonds is 5. The molecule has 0 fully saturated rings. The zero-order valence-corrected chi connectivity index (χ0v) is 16.1. The molecule has 0 saturated carbocycles. The Morgan fingerprint density at radius 2 is 1.37 bits per heavy atom. The first kappa shape index (κ1) is 17.8. The summed E-state index contributed by atoms with van der Waals surface area (Å²) in [5.41, 5.74) is 4.83. The minimum atomic E-state index is 0.517. The third kappa shape index (κ3) is 3.54. The first-order valence-corrected chi connectivity index (χ1v) is 9.59. The minimum absolute atomic E-state index is 0.517. The van der Waals surface area contributed by atoms with Gasteiger partial charge in [-0.2, -0.15) is 19.6 Å². The molecule has 5 aromatic rings. The summed E-state index contributed by atoms with van der Waals surface area (Å²) in [4.78, 5) is 0. The predicted octanol–water partition coefficient (Wildman–Crippen LogP) is 4.68. The van der Waals surface area contributed by atoms with Gasteiger partial charge in [0.2, 0.25) is 0 Å². The first-order valence-electron chi connectivity index (χ1n) is 9.59. The first-order chi connectivity index (χ1) is 14.9. The Morgan fingerprint density at radius 1 is 0.733 bits per heavy atom. The van der Waals surface area contributed by atoms with Crippen LogP contribution < -0.4 is 0 Å². The number of hydrogen-bond donors (Lipinski definition) is 0. The van der Waals surface area contributed by atoms with Gasteiger partial charge in [0.25, 0.3) is 5.95 Å². The van der Waals surface area contributed by atoms with Crippen LogP contribution in [0.1, 0.15) is 5.56 Å². The van der Waals surface area contributed by atoms with E-state index in [0.29, 0.717) is 5.95 Å². The van der Waals surface area contributed by atoms with Gasteiger partial charge >= 0.3 is 0 Å². The molecule has 0 aliphatic rings. The number of aromatic nitrogens is 5. The van der Waals surface area contributed by atoms with Crippen LogP contribution >= 0.6 is 0 Å². The lowest BCUT2D eigenvalue weighted by atomic mass is 10.1. The summed E-state index contributed by atoms with van der Waals surface area (Å²) in [5.74, 6) is 0.517. The Labute approximate surface area is 173 Å². The molecule has 0 saturated heterocycles. The largest absolute Gasteiger partial charge is 0.273 e. The molecule has 2 aromatic heterocycles. The highest BCUT2D eigenvalue weighted by Gasteiger charge is 2.17. The fourth-order valence-electron chi connectivity index (χ4n) is 3.21. The molecule has 0 atom stereocenters. The molecule has 6 heteroatoms. The molecule has 0 aliphatic heterocycles. The number of nitrogens with zero attached hydrogens (tertiary/aromatic N) is 6. The van der Waals surface area contributed by atoms with Gasteiger partial charge < -0.3 is 0 Å². The topological polar surface area (TPSA) is 60.9 Å². The fraction of sp³-hybridized carbons (Fsp3) is 0. The molecular weight excluding hydrogens is 372 g/mol. The molecule has 6 nitrogen and oxygen atoms in total. The van der Waals surface area contributed by atoms with Crippen LogP contribution in [0.4, 0.5) is 0 Å². The van der Waals surface area contributed by atoms with Crippen molar-refractivity contribution in [2.24, 2.45) is 5.10 Å². The minimum Gasteiger partial charge on any atom is -0.196 e. The van der Waals surface area contributed by atoms with E-state index < -0.39 is 0 Å². The van der Waals surface area contributed by atoms with Crippen LogP contribution in [0.2, 0.25) is 0 Å². The van der Waals surface area contributed by atoms with Crippen molar-refractivity contribution >= 4 is 6.21 Å². The smallest absolute Gasteiger partial charge is 0.196 e. The predicted molar refractivity (Wildman–Crippen MR) is 117 cm³/mol. The maximum Gasteiger partial charge on any atom is 0.273 e. The second-order valence-corrected chi connectivity index (χ2v) is 6.69. The molecule has 0 unspecified atom stereocenters. The van der Waals surface area contributed by atoms with Gasteiger partial charge in [-0.25, -0.2) is 0 Å². The zero-order chi connectivity index (χ0) is 20.2. The second kappa shape index (κ2) is 7.97. The van der Waals surface area contributed by atoms with E-state index in [1.165, 1.54) is 0 Å². The van der Waals surface area contributed by atoms with Gasteiger partial charge in [0.05, 0.1) is 17.6 Å². The summed E-state index contributed by atoms with van der Waals surface area (Å²) >= 11 is 0. The van der Waals surface area contributed by atoms with Crippen molar-refractivity contribution in [3.63, 3.8) is 0 Å². The van der Waals surface area contributed by atoms with Crippen molar-refractivity contribution < 1.29 is 0 Å². The van der Waals surface area contributed by atoms with E-state index in [2.05, 4.69) is 33.5 Å². The quantitative estimate of drug-likeness (QED) is 0.409. The third-order valence-electron chi connectivity index (χ3n) is 4.68. The third-order valence-corrected chi connectivity index (χ3v) is 4.68. The summed E-state index contributed by atoms with van der Waals surface area (Å²) in [6.07, 6.45) is 3.35. The van der Waals surface area contributed by atoms with Crippen molar-refractivity contribution in [2.45, 2.75) is 0 Å². The van der Waals surface area contributed by atoms with E-state index in [9.17, 15) is 0 Å². The van der Waals surface area contributed by atoms with Crippen LogP contribution in [0.5, 0.6) is 0 Å².